The molecule has 3 amide bonds. The average Bonchev–Trinajstić information content (AvgIpc) is 2.88. The number of nitrogens with one attached hydrogen (secondary N) is 1. The third-order valence-electron chi connectivity index (χ3n) is 6.21. The van der Waals surface area contributed by atoms with Gasteiger partial charge in [-0.3, -0.25) is 4.79 Å². The second kappa shape index (κ2) is 5.71. The van der Waals surface area contributed by atoms with Gasteiger partial charge in [0.2, 0.25) is 5.91 Å². The van der Waals surface area contributed by atoms with E-state index in [0.717, 1.165) is 17.0 Å². The number of nitrogens with zero attached hydrogens (tertiary/aromatic N) is 1. The van der Waals surface area contributed by atoms with E-state index < -0.39 is 57.7 Å². The van der Waals surface area contributed by atoms with Crippen molar-refractivity contribution >= 4 is 23.5 Å². The molecule has 1 unspecified atom stereocenters. The molecule has 1 aromatic rings. The zero-order chi connectivity index (χ0) is 20.6. The number of hydrogen-bond acceptors (Lipinski definition) is 2. The molecule has 1 heterocycles. The fraction of sp³-hybridized carbons (Fsp3) is 0.529. The van der Waals surface area contributed by atoms with Gasteiger partial charge in [-0.1, -0.05) is 17.7 Å². The Morgan fingerprint density at radius 3 is 2.39 bits per heavy atom. The first-order valence-electron chi connectivity index (χ1n) is 8.47. The molecule has 1 aromatic carbocycles. The second-order valence-corrected chi connectivity index (χ2v) is 8.27. The van der Waals surface area contributed by atoms with E-state index in [9.17, 15) is 31.5 Å². The van der Waals surface area contributed by atoms with Crippen molar-refractivity contribution in [2.75, 3.05) is 6.54 Å². The molecule has 5 nitrogen and oxygen atoms in total. The summed E-state index contributed by atoms with van der Waals surface area (Å²) < 4.78 is 68.2. The summed E-state index contributed by atoms with van der Waals surface area (Å²) in [5.74, 6) is -2.98. The van der Waals surface area contributed by atoms with Crippen molar-refractivity contribution in [2.45, 2.75) is 37.5 Å². The van der Waals surface area contributed by atoms with Crippen molar-refractivity contribution in [3.63, 3.8) is 0 Å². The molecule has 1 saturated heterocycles. The summed E-state index contributed by atoms with van der Waals surface area (Å²) in [6.07, 6.45) is -5.25. The topological polar surface area (TPSA) is 75.4 Å². The van der Waals surface area contributed by atoms with Crippen LogP contribution in [0.15, 0.2) is 12.1 Å². The lowest BCUT2D eigenvalue weighted by atomic mass is 9.32. The van der Waals surface area contributed by atoms with Crippen LogP contribution >= 0.6 is 11.6 Å². The van der Waals surface area contributed by atoms with Gasteiger partial charge in [0.15, 0.2) is 0 Å². The van der Waals surface area contributed by atoms with E-state index in [1.807, 2.05) is 0 Å². The molecule has 3 N–H and O–H groups in total. The molecule has 3 aliphatic carbocycles. The van der Waals surface area contributed by atoms with Crippen molar-refractivity contribution in [3.05, 3.63) is 34.4 Å². The van der Waals surface area contributed by atoms with Gasteiger partial charge < -0.3 is 16.0 Å². The molecule has 4 aliphatic rings. The maximum atomic E-state index is 14.7. The van der Waals surface area contributed by atoms with Crippen LogP contribution in [0.2, 0.25) is 5.02 Å². The lowest BCUT2D eigenvalue weighted by Gasteiger charge is -2.73. The molecule has 5 rings (SSSR count). The first kappa shape index (κ1) is 19.2. The van der Waals surface area contributed by atoms with Crippen LogP contribution in [0.3, 0.4) is 0 Å². The predicted molar refractivity (Wildman–Crippen MR) is 87.1 cm³/mol. The van der Waals surface area contributed by atoms with Gasteiger partial charge in [-0.05, 0) is 30.7 Å². The molecule has 0 spiro atoms. The fourth-order valence-electron chi connectivity index (χ4n) is 4.98. The average molecular weight is 424 g/mol. The van der Waals surface area contributed by atoms with Crippen LogP contribution in [0, 0.1) is 22.5 Å². The number of halogens is 6. The Labute approximate surface area is 161 Å². The molecule has 11 heteroatoms. The molecular weight excluding hydrogens is 409 g/mol. The quantitative estimate of drug-likeness (QED) is 0.576. The summed E-state index contributed by atoms with van der Waals surface area (Å²) in [5.41, 5.74) is 2.16. The smallest absolute Gasteiger partial charge is 0.368 e. The molecule has 0 aromatic heterocycles. The Hall–Kier alpha value is -2.10. The first-order chi connectivity index (χ1) is 12.9. The minimum atomic E-state index is -4.40. The number of carbonyl (C=O) groups is 2. The molecule has 4 fully saturated rings. The van der Waals surface area contributed by atoms with Crippen molar-refractivity contribution in [1.29, 1.82) is 0 Å². The van der Waals surface area contributed by atoms with Gasteiger partial charge in [-0.25, -0.2) is 13.6 Å². The van der Waals surface area contributed by atoms with Crippen LogP contribution in [0.25, 0.3) is 0 Å². The van der Waals surface area contributed by atoms with Gasteiger partial charge in [0.25, 0.3) is 0 Å². The maximum Gasteiger partial charge on any atom is 0.394 e. The Balaban J connectivity index is 1.74. The normalized spacial score (nSPS) is 32.4. The highest BCUT2D eigenvalue weighted by atomic mass is 35.5. The third-order valence-corrected chi connectivity index (χ3v) is 6.55. The van der Waals surface area contributed by atoms with Crippen molar-refractivity contribution in [1.82, 2.24) is 10.2 Å². The van der Waals surface area contributed by atoms with Gasteiger partial charge in [0, 0.05) is 5.56 Å². The monoisotopic (exact) mass is 423 g/mol. The van der Waals surface area contributed by atoms with Crippen molar-refractivity contribution in [2.24, 2.45) is 16.6 Å². The Morgan fingerprint density at radius 2 is 1.89 bits per heavy atom. The summed E-state index contributed by atoms with van der Waals surface area (Å²) >= 11 is 5.65. The number of amides is 3. The molecule has 28 heavy (non-hydrogen) atoms. The molecular formula is C17H15ClF5N3O2. The minimum absolute atomic E-state index is 0.179. The van der Waals surface area contributed by atoms with Crippen molar-refractivity contribution < 1.29 is 31.5 Å². The largest absolute Gasteiger partial charge is 0.394 e. The number of primary amides is 1. The number of nitrogens with two attached hydrogens (primary N) is 1. The summed E-state index contributed by atoms with van der Waals surface area (Å²) in [6.45, 7) is -0.228. The van der Waals surface area contributed by atoms with Gasteiger partial charge in [0.05, 0.1) is 18.0 Å². The van der Waals surface area contributed by atoms with E-state index in [0.29, 0.717) is 0 Å². The van der Waals surface area contributed by atoms with E-state index >= 15 is 0 Å². The summed E-state index contributed by atoms with van der Waals surface area (Å²) in [6, 6.07) is -0.957. The fourth-order valence-corrected chi connectivity index (χ4v) is 5.15. The van der Waals surface area contributed by atoms with Crippen molar-refractivity contribution in [3.8, 4) is 0 Å². The maximum absolute atomic E-state index is 14.7. The number of rotatable bonds is 4. The number of carbonyl (C=O) groups excluding carboxylic acids is 2. The predicted octanol–water partition coefficient (Wildman–Crippen LogP) is 3.27. The standard InChI is InChI=1S/C17H15ClF5N3O2/c18-10-8(19)2-1-7(11(10)20)12(26-3-9(13(24)27)25-14(26)28)15-4-16(5-15,6-15)17(21,22)23/h1-2,9,12H,3-6H2,(H2,24,27)(H,25,28)/t9?,12-,15?,16?/m0/s1. The van der Waals surface area contributed by atoms with Crippen LogP contribution in [0.1, 0.15) is 30.9 Å². The third kappa shape index (κ3) is 2.42. The molecule has 2 atom stereocenters. The Morgan fingerprint density at radius 1 is 1.29 bits per heavy atom. The first-order valence-corrected chi connectivity index (χ1v) is 8.85. The van der Waals surface area contributed by atoms with E-state index in [4.69, 9.17) is 17.3 Å². The molecule has 2 bridgehead atoms. The number of benzene rings is 1. The molecule has 0 radical (unpaired) electrons. The highest BCUT2D eigenvalue weighted by molar-refractivity contribution is 6.31. The lowest BCUT2D eigenvalue weighted by molar-refractivity contribution is -0.375. The number of hydrogen-bond donors (Lipinski definition) is 2. The molecule has 1 aliphatic heterocycles. The zero-order valence-electron chi connectivity index (χ0n) is 14.2. The van der Waals surface area contributed by atoms with Crippen LogP contribution in [-0.2, 0) is 4.79 Å². The van der Waals surface area contributed by atoms with E-state index in [1.54, 1.807) is 0 Å². The second-order valence-electron chi connectivity index (χ2n) is 7.89. The SMILES string of the molecule is NC(=O)C1CN([C@@H](c2ccc(F)c(Cl)c2F)C23CC(C(F)(F)F)(C2)C3)C(=O)N1. The highest BCUT2D eigenvalue weighted by Gasteiger charge is 2.81. The molecule has 152 valence electrons. The van der Waals surface area contributed by atoms with Crippen LogP contribution in [0.5, 0.6) is 0 Å². The van der Waals surface area contributed by atoms with E-state index in [-0.39, 0.29) is 31.4 Å². The van der Waals surface area contributed by atoms with Crippen LogP contribution in [0.4, 0.5) is 26.7 Å². The van der Waals surface area contributed by atoms with Crippen LogP contribution < -0.4 is 11.1 Å². The van der Waals surface area contributed by atoms with Crippen LogP contribution in [-0.4, -0.2) is 35.6 Å². The zero-order valence-corrected chi connectivity index (χ0v) is 15.0. The highest BCUT2D eigenvalue weighted by Crippen LogP contribution is 2.82. The Bertz CT molecular complexity index is 871. The van der Waals surface area contributed by atoms with Gasteiger partial charge in [0.1, 0.15) is 22.7 Å². The van der Waals surface area contributed by atoms with Gasteiger partial charge >= 0.3 is 12.2 Å². The van der Waals surface area contributed by atoms with Gasteiger partial charge in [-0.15, -0.1) is 0 Å². The number of urea groups is 1. The Kier molecular flexibility index (Phi) is 3.92. The van der Waals surface area contributed by atoms with E-state index in [1.165, 1.54) is 0 Å². The summed E-state index contributed by atoms with van der Waals surface area (Å²) in [7, 11) is 0. The summed E-state index contributed by atoms with van der Waals surface area (Å²) in [5, 5.41) is 1.54. The minimum Gasteiger partial charge on any atom is -0.368 e. The van der Waals surface area contributed by atoms with E-state index in [2.05, 4.69) is 5.32 Å². The lowest BCUT2D eigenvalue weighted by Crippen LogP contribution is -2.71. The van der Waals surface area contributed by atoms with Gasteiger partial charge in [-0.2, -0.15) is 13.2 Å². The summed E-state index contributed by atoms with van der Waals surface area (Å²) in [4.78, 5) is 24.9. The number of alkyl halides is 3. The molecule has 3 saturated carbocycles.